The summed E-state index contributed by atoms with van der Waals surface area (Å²) < 4.78 is 0. The van der Waals surface area contributed by atoms with E-state index in [4.69, 9.17) is 0 Å². The molecule has 3 heterocycles. The Labute approximate surface area is 146 Å². The Morgan fingerprint density at radius 3 is 2.88 bits per heavy atom. The molecule has 2 saturated heterocycles. The van der Waals surface area contributed by atoms with Crippen LogP contribution in [-0.2, 0) is 0 Å². The van der Waals surface area contributed by atoms with E-state index in [9.17, 15) is 4.79 Å². The molecular formula is C19H23N3OS. The van der Waals surface area contributed by atoms with Gasteiger partial charge < -0.3 is 10.2 Å². The molecular weight excluding hydrogens is 318 g/mol. The molecule has 24 heavy (non-hydrogen) atoms. The number of nitrogens with one attached hydrogen (secondary N) is 1. The molecule has 1 N–H and O–H groups in total. The van der Waals surface area contributed by atoms with Gasteiger partial charge in [-0.2, -0.15) is 0 Å². The van der Waals surface area contributed by atoms with Gasteiger partial charge in [-0.05, 0) is 51.4 Å². The van der Waals surface area contributed by atoms with Crippen molar-refractivity contribution < 1.29 is 4.79 Å². The predicted octanol–water partition coefficient (Wildman–Crippen LogP) is 3.33. The first-order chi connectivity index (χ1) is 11.6. The summed E-state index contributed by atoms with van der Waals surface area (Å²) in [6.45, 7) is 6.38. The molecule has 0 radical (unpaired) electrons. The summed E-state index contributed by atoms with van der Waals surface area (Å²) in [6, 6.07) is 7.77. The van der Waals surface area contributed by atoms with Gasteiger partial charge in [0, 0.05) is 35.0 Å². The number of hydrogen-bond donors (Lipinski definition) is 1. The van der Waals surface area contributed by atoms with E-state index in [1.165, 1.54) is 32.4 Å². The Morgan fingerprint density at radius 2 is 2.12 bits per heavy atom. The maximum Gasteiger partial charge on any atom is 0.251 e. The Morgan fingerprint density at radius 1 is 1.29 bits per heavy atom. The number of carbonyl (C=O) groups is 1. The highest BCUT2D eigenvalue weighted by atomic mass is 32.1. The highest BCUT2D eigenvalue weighted by Gasteiger charge is 2.40. The lowest BCUT2D eigenvalue weighted by atomic mass is 9.81. The predicted molar refractivity (Wildman–Crippen MR) is 97.3 cm³/mol. The molecule has 5 heteroatoms. The quantitative estimate of drug-likeness (QED) is 0.928. The van der Waals surface area contributed by atoms with E-state index in [-0.39, 0.29) is 5.91 Å². The SMILES string of the molecule is Cc1nc(-c2ccc(C(=O)NCC34CCCN(CC3)C4)cc2)cs1. The second-order valence-corrected chi connectivity index (χ2v) is 8.20. The number of piperidine rings is 1. The minimum Gasteiger partial charge on any atom is -0.351 e. The van der Waals surface area contributed by atoms with Crippen molar-refractivity contribution in [1.82, 2.24) is 15.2 Å². The summed E-state index contributed by atoms with van der Waals surface area (Å²) in [5.41, 5.74) is 3.09. The number of nitrogens with zero attached hydrogens (tertiary/aromatic N) is 2. The average Bonchev–Trinajstić information content (AvgIpc) is 3.16. The van der Waals surface area contributed by atoms with Crippen molar-refractivity contribution in [3.05, 3.63) is 40.2 Å². The largest absolute Gasteiger partial charge is 0.351 e. The maximum atomic E-state index is 12.5. The monoisotopic (exact) mass is 341 g/mol. The van der Waals surface area contributed by atoms with Crippen LogP contribution in [0.1, 0.15) is 34.6 Å². The number of aromatic nitrogens is 1. The van der Waals surface area contributed by atoms with Gasteiger partial charge in [-0.3, -0.25) is 4.79 Å². The van der Waals surface area contributed by atoms with Crippen LogP contribution in [0.2, 0.25) is 0 Å². The van der Waals surface area contributed by atoms with Gasteiger partial charge in [0.05, 0.1) is 10.7 Å². The van der Waals surface area contributed by atoms with Gasteiger partial charge in [-0.15, -0.1) is 11.3 Å². The fraction of sp³-hybridized carbons (Fsp3) is 0.474. The molecule has 1 aromatic heterocycles. The van der Waals surface area contributed by atoms with Crippen molar-refractivity contribution in [2.24, 2.45) is 5.41 Å². The number of benzene rings is 1. The van der Waals surface area contributed by atoms with E-state index < -0.39 is 0 Å². The van der Waals surface area contributed by atoms with E-state index in [1.54, 1.807) is 11.3 Å². The zero-order chi connectivity index (χ0) is 16.6. The fourth-order valence-corrected chi connectivity index (χ4v) is 4.61. The lowest BCUT2D eigenvalue weighted by Crippen LogP contribution is -2.42. The molecule has 1 amide bonds. The molecule has 2 aliphatic heterocycles. The molecule has 0 spiro atoms. The van der Waals surface area contributed by atoms with Gasteiger partial charge in [0.2, 0.25) is 0 Å². The van der Waals surface area contributed by atoms with E-state index in [0.29, 0.717) is 5.41 Å². The standard InChI is InChI=1S/C19H23N3OS/c1-14-21-17(11-24-14)15-3-5-16(6-4-15)18(23)20-12-19-7-2-9-22(13-19)10-8-19/h3-6,11H,2,7-10,12-13H2,1H3,(H,20,23). The smallest absolute Gasteiger partial charge is 0.251 e. The minimum absolute atomic E-state index is 0.0365. The van der Waals surface area contributed by atoms with Crippen LogP contribution >= 0.6 is 11.3 Å². The Kier molecular flexibility index (Phi) is 4.14. The van der Waals surface area contributed by atoms with E-state index >= 15 is 0 Å². The van der Waals surface area contributed by atoms with Crippen LogP contribution in [0.3, 0.4) is 0 Å². The minimum atomic E-state index is 0.0365. The van der Waals surface area contributed by atoms with Crippen LogP contribution < -0.4 is 5.32 Å². The third-order valence-electron chi connectivity index (χ3n) is 5.38. The zero-order valence-corrected chi connectivity index (χ0v) is 14.9. The zero-order valence-electron chi connectivity index (χ0n) is 14.0. The summed E-state index contributed by atoms with van der Waals surface area (Å²) in [6.07, 6.45) is 3.72. The van der Waals surface area contributed by atoms with Crippen molar-refractivity contribution in [2.45, 2.75) is 26.2 Å². The number of aryl methyl sites for hydroxylation is 1. The van der Waals surface area contributed by atoms with Gasteiger partial charge >= 0.3 is 0 Å². The first kappa shape index (κ1) is 15.8. The molecule has 4 rings (SSSR count). The molecule has 1 aromatic carbocycles. The van der Waals surface area contributed by atoms with Gasteiger partial charge in [-0.1, -0.05) is 12.1 Å². The highest BCUT2D eigenvalue weighted by molar-refractivity contribution is 7.09. The van der Waals surface area contributed by atoms with Crippen LogP contribution in [0.4, 0.5) is 0 Å². The van der Waals surface area contributed by atoms with Crippen LogP contribution in [-0.4, -0.2) is 42.0 Å². The lowest BCUT2D eigenvalue weighted by molar-refractivity contribution is 0.0916. The summed E-state index contributed by atoms with van der Waals surface area (Å²) in [5.74, 6) is 0.0365. The number of thiazole rings is 1. The lowest BCUT2D eigenvalue weighted by Gasteiger charge is -2.34. The topological polar surface area (TPSA) is 45.2 Å². The Hall–Kier alpha value is -1.72. The third-order valence-corrected chi connectivity index (χ3v) is 6.16. The van der Waals surface area contributed by atoms with E-state index in [1.807, 2.05) is 31.2 Å². The number of carbonyl (C=O) groups excluding carboxylic acids is 1. The molecule has 0 aliphatic carbocycles. The van der Waals surface area contributed by atoms with Crippen LogP contribution in [0.15, 0.2) is 29.6 Å². The van der Waals surface area contributed by atoms with Crippen molar-refractivity contribution in [3.63, 3.8) is 0 Å². The fourth-order valence-electron chi connectivity index (χ4n) is 3.99. The van der Waals surface area contributed by atoms with Crippen molar-refractivity contribution in [2.75, 3.05) is 26.2 Å². The molecule has 0 saturated carbocycles. The molecule has 4 nitrogen and oxygen atoms in total. The first-order valence-electron chi connectivity index (χ1n) is 8.67. The van der Waals surface area contributed by atoms with Crippen LogP contribution in [0, 0.1) is 12.3 Å². The first-order valence-corrected chi connectivity index (χ1v) is 9.55. The molecule has 2 unspecified atom stereocenters. The van der Waals surface area contributed by atoms with Gasteiger partial charge in [-0.25, -0.2) is 4.98 Å². The molecule has 2 atom stereocenters. The summed E-state index contributed by atoms with van der Waals surface area (Å²) in [4.78, 5) is 19.5. The van der Waals surface area contributed by atoms with E-state index in [2.05, 4.69) is 20.6 Å². The molecule has 2 aromatic rings. The second kappa shape index (κ2) is 6.30. The summed E-state index contributed by atoms with van der Waals surface area (Å²) >= 11 is 1.65. The average molecular weight is 341 g/mol. The summed E-state index contributed by atoms with van der Waals surface area (Å²) in [5, 5.41) is 6.28. The Bertz CT molecular complexity index is 735. The third kappa shape index (κ3) is 3.10. The summed E-state index contributed by atoms with van der Waals surface area (Å²) in [7, 11) is 0. The number of fused-ring (bicyclic) bond motifs is 2. The van der Waals surface area contributed by atoms with Crippen molar-refractivity contribution in [3.8, 4) is 11.3 Å². The molecule has 2 fully saturated rings. The number of rotatable bonds is 4. The van der Waals surface area contributed by atoms with Crippen LogP contribution in [0.25, 0.3) is 11.3 Å². The normalized spacial score (nSPS) is 25.6. The van der Waals surface area contributed by atoms with Gasteiger partial charge in [0.15, 0.2) is 0 Å². The second-order valence-electron chi connectivity index (χ2n) is 7.14. The van der Waals surface area contributed by atoms with Crippen molar-refractivity contribution >= 4 is 17.2 Å². The number of hydrogen-bond acceptors (Lipinski definition) is 4. The molecule has 126 valence electrons. The van der Waals surface area contributed by atoms with Crippen LogP contribution in [0.5, 0.6) is 0 Å². The van der Waals surface area contributed by atoms with E-state index in [0.717, 1.165) is 34.9 Å². The Balaban J connectivity index is 1.39. The molecule has 2 bridgehead atoms. The highest BCUT2D eigenvalue weighted by Crippen LogP contribution is 2.38. The number of amides is 1. The van der Waals surface area contributed by atoms with Gasteiger partial charge in [0.1, 0.15) is 0 Å². The molecule has 2 aliphatic rings. The van der Waals surface area contributed by atoms with Crippen molar-refractivity contribution in [1.29, 1.82) is 0 Å². The van der Waals surface area contributed by atoms with Gasteiger partial charge in [0.25, 0.3) is 5.91 Å². The maximum absolute atomic E-state index is 12.5.